The number of aryl methyl sites for hydroxylation is 1. The van der Waals surface area contributed by atoms with E-state index in [0.717, 1.165) is 49.8 Å². The molecule has 3 aliphatic carbocycles. The van der Waals surface area contributed by atoms with Gasteiger partial charge < -0.3 is 10.0 Å². The van der Waals surface area contributed by atoms with Crippen LogP contribution in [0.2, 0.25) is 10.0 Å². The Bertz CT molecular complexity index is 1260. The molecule has 3 fully saturated rings. The van der Waals surface area contributed by atoms with Crippen LogP contribution in [0.3, 0.4) is 0 Å². The lowest BCUT2D eigenvalue weighted by atomic mass is 9.71. The van der Waals surface area contributed by atoms with Crippen LogP contribution in [-0.2, 0) is 4.79 Å². The predicted molar refractivity (Wildman–Crippen MR) is 154 cm³/mol. The molecular weight excluding hydrogens is 533 g/mol. The third kappa shape index (κ3) is 5.06. The molecule has 0 aliphatic heterocycles. The van der Waals surface area contributed by atoms with E-state index in [2.05, 4.69) is 25.9 Å². The molecule has 1 heterocycles. The zero-order valence-corrected chi connectivity index (χ0v) is 25.4. The Morgan fingerprint density at radius 1 is 1.10 bits per heavy atom. The van der Waals surface area contributed by atoms with Crippen LogP contribution in [0, 0.1) is 36.5 Å². The second-order valence-electron chi connectivity index (χ2n) is 13.2. The lowest BCUT2D eigenvalue weighted by Crippen LogP contribution is -2.43. The summed E-state index contributed by atoms with van der Waals surface area (Å²) in [6.45, 7) is 12.3. The summed E-state index contributed by atoms with van der Waals surface area (Å²) < 4.78 is 1.98. The lowest BCUT2D eigenvalue weighted by molar-refractivity contribution is -0.127. The quantitative estimate of drug-likeness (QED) is 0.382. The highest BCUT2D eigenvalue weighted by Gasteiger charge is 2.63. The second kappa shape index (κ2) is 10.2. The van der Waals surface area contributed by atoms with Crippen LogP contribution in [0.1, 0.15) is 106 Å². The van der Waals surface area contributed by atoms with Gasteiger partial charge in [0, 0.05) is 32.8 Å². The van der Waals surface area contributed by atoms with Gasteiger partial charge in [0.1, 0.15) is 5.78 Å². The molecule has 3 aliphatic rings. The van der Waals surface area contributed by atoms with Gasteiger partial charge in [-0.3, -0.25) is 14.3 Å². The first-order valence-corrected chi connectivity index (χ1v) is 15.0. The van der Waals surface area contributed by atoms with Crippen LogP contribution < -0.4 is 0 Å². The number of benzene rings is 1. The molecule has 0 bridgehead atoms. The number of aliphatic hydroxyl groups is 1. The number of amides is 1. The Balaban J connectivity index is 1.39. The Morgan fingerprint density at radius 3 is 2.21 bits per heavy atom. The van der Waals surface area contributed by atoms with Gasteiger partial charge in [-0.1, -0.05) is 44.0 Å². The van der Waals surface area contributed by atoms with Crippen LogP contribution in [0.15, 0.2) is 18.3 Å². The van der Waals surface area contributed by atoms with E-state index in [-0.39, 0.29) is 35.7 Å². The first-order chi connectivity index (χ1) is 18.2. The minimum Gasteiger partial charge on any atom is -0.386 e. The maximum Gasteiger partial charge on any atom is 0.257 e. The topological polar surface area (TPSA) is 75.4 Å². The second-order valence-corrected chi connectivity index (χ2v) is 14.0. The Kier molecular flexibility index (Phi) is 7.48. The minimum atomic E-state index is -1.00. The summed E-state index contributed by atoms with van der Waals surface area (Å²) in [7, 11) is 0. The third-order valence-corrected chi connectivity index (χ3v) is 11.1. The van der Waals surface area contributed by atoms with Gasteiger partial charge in [0.2, 0.25) is 0 Å². The molecule has 0 spiro atoms. The number of hydrogen-bond donors (Lipinski definition) is 1. The van der Waals surface area contributed by atoms with Gasteiger partial charge in [0.05, 0.1) is 30.5 Å². The summed E-state index contributed by atoms with van der Waals surface area (Å²) in [4.78, 5) is 28.1. The third-order valence-electron chi connectivity index (χ3n) is 10.5. The number of ketones is 1. The van der Waals surface area contributed by atoms with Crippen molar-refractivity contribution in [1.29, 1.82) is 0 Å². The number of rotatable bonds is 7. The molecule has 5 rings (SSSR count). The number of Topliss-reactive ketones (excluding diaryl/α,β-unsaturated/α-hetero) is 1. The highest BCUT2D eigenvalue weighted by Crippen LogP contribution is 2.67. The fourth-order valence-corrected chi connectivity index (χ4v) is 8.28. The van der Waals surface area contributed by atoms with Crippen LogP contribution in [0.4, 0.5) is 0 Å². The van der Waals surface area contributed by atoms with E-state index < -0.39 is 6.10 Å². The van der Waals surface area contributed by atoms with Crippen LogP contribution in [0.25, 0.3) is 0 Å². The highest BCUT2D eigenvalue weighted by atomic mass is 35.5. The molecule has 1 amide bonds. The van der Waals surface area contributed by atoms with Crippen LogP contribution >= 0.6 is 23.2 Å². The number of fused-ring (bicyclic) bond motifs is 1. The number of carbonyl (C=O) groups is 2. The fraction of sp³-hybridized carbons (Fsp3) is 0.645. The maximum absolute atomic E-state index is 14.2. The lowest BCUT2D eigenvalue weighted by Gasteiger charge is -2.36. The molecule has 39 heavy (non-hydrogen) atoms. The first-order valence-electron chi connectivity index (χ1n) is 14.2. The number of hydrogen-bond acceptors (Lipinski definition) is 4. The summed E-state index contributed by atoms with van der Waals surface area (Å²) in [5, 5.41) is 16.8. The van der Waals surface area contributed by atoms with E-state index >= 15 is 0 Å². The number of nitrogens with zero attached hydrogens (tertiary/aromatic N) is 3. The largest absolute Gasteiger partial charge is 0.386 e. The molecule has 0 radical (unpaired) electrons. The molecule has 0 saturated heterocycles. The highest BCUT2D eigenvalue weighted by molar-refractivity contribution is 6.36. The average molecular weight is 575 g/mol. The molecule has 1 aromatic heterocycles. The number of aromatic nitrogens is 2. The van der Waals surface area contributed by atoms with Gasteiger partial charge in [-0.25, -0.2) is 0 Å². The van der Waals surface area contributed by atoms with Crippen LogP contribution in [0.5, 0.6) is 0 Å². The predicted octanol–water partition coefficient (Wildman–Crippen LogP) is 7.13. The van der Waals surface area contributed by atoms with E-state index in [1.807, 2.05) is 23.4 Å². The average Bonchev–Trinajstić information content (AvgIpc) is 3.23. The SMILES string of the molecule is CC(=O)C1(C)CCC(n2ncc(C(=O)N(CC(O)c3c(Cl)cc(C)cc3Cl)C3C[C@@H]4[C@H](C3)C4(C)C)c2C)CC1. The van der Waals surface area contributed by atoms with Crippen molar-refractivity contribution in [3.05, 3.63) is 50.8 Å². The molecular formula is C31H41Cl2N3O3. The molecule has 6 nitrogen and oxygen atoms in total. The molecule has 2 unspecified atom stereocenters. The van der Waals surface area contributed by atoms with E-state index in [0.29, 0.717) is 38.4 Å². The van der Waals surface area contributed by atoms with Crippen molar-refractivity contribution in [3.8, 4) is 0 Å². The Morgan fingerprint density at radius 2 is 1.67 bits per heavy atom. The van der Waals surface area contributed by atoms with Crippen molar-refractivity contribution >= 4 is 34.9 Å². The molecule has 1 aromatic carbocycles. The zero-order chi connectivity index (χ0) is 28.4. The minimum absolute atomic E-state index is 0.0480. The Labute approximate surface area is 242 Å². The molecule has 4 atom stereocenters. The van der Waals surface area contributed by atoms with Crippen molar-refractivity contribution in [2.45, 2.75) is 98.3 Å². The summed E-state index contributed by atoms with van der Waals surface area (Å²) in [6, 6.07) is 3.80. The van der Waals surface area contributed by atoms with Gasteiger partial charge in [-0.05, 0) is 94.2 Å². The number of halogens is 2. The van der Waals surface area contributed by atoms with Gasteiger partial charge in [0.15, 0.2) is 0 Å². The molecule has 3 saturated carbocycles. The molecule has 212 valence electrons. The van der Waals surface area contributed by atoms with Crippen molar-refractivity contribution in [3.63, 3.8) is 0 Å². The smallest absolute Gasteiger partial charge is 0.257 e. The standard InChI is InChI=1S/C31H41Cl2N3O3/c1-17-11-25(32)28(26(33)12-17)27(38)16-35(21-13-23-24(14-21)30(23,4)5)29(39)22-15-34-36(18(22)2)20-7-9-31(6,10-8-20)19(3)37/h11-12,15,20-21,23-24,27,38H,7-10,13-14,16H2,1-6H3/t20?,21?,23-,24+,27?,31?. The summed E-state index contributed by atoms with van der Waals surface area (Å²) in [5.41, 5.74) is 2.85. The summed E-state index contributed by atoms with van der Waals surface area (Å²) in [5.74, 6) is 1.34. The molecule has 1 N–H and O–H groups in total. The summed E-state index contributed by atoms with van der Waals surface area (Å²) in [6.07, 6.45) is 5.92. The van der Waals surface area contributed by atoms with Gasteiger partial charge >= 0.3 is 0 Å². The van der Waals surface area contributed by atoms with Crippen molar-refractivity contribution in [2.75, 3.05) is 6.54 Å². The van der Waals surface area contributed by atoms with E-state index in [1.165, 1.54) is 0 Å². The van der Waals surface area contributed by atoms with Gasteiger partial charge in [-0.15, -0.1) is 0 Å². The van der Waals surface area contributed by atoms with Gasteiger partial charge in [0.25, 0.3) is 5.91 Å². The zero-order valence-electron chi connectivity index (χ0n) is 23.9. The molecule has 8 heteroatoms. The Hall–Kier alpha value is -1.89. The maximum atomic E-state index is 14.2. The van der Waals surface area contributed by atoms with Crippen LogP contribution in [-0.4, -0.2) is 44.1 Å². The summed E-state index contributed by atoms with van der Waals surface area (Å²) >= 11 is 13.0. The van der Waals surface area contributed by atoms with Gasteiger partial charge in [-0.2, -0.15) is 5.10 Å². The van der Waals surface area contributed by atoms with E-state index in [1.54, 1.807) is 25.3 Å². The van der Waals surface area contributed by atoms with E-state index in [4.69, 9.17) is 23.2 Å². The normalized spacial score (nSPS) is 30.1. The first kappa shape index (κ1) is 28.6. The van der Waals surface area contributed by atoms with Crippen molar-refractivity contribution < 1.29 is 14.7 Å². The number of aliphatic hydroxyl groups excluding tert-OH is 1. The van der Waals surface area contributed by atoms with Crippen molar-refractivity contribution in [1.82, 2.24) is 14.7 Å². The monoisotopic (exact) mass is 573 g/mol. The molecule has 2 aromatic rings. The van der Waals surface area contributed by atoms with Crippen molar-refractivity contribution in [2.24, 2.45) is 22.7 Å². The fourth-order valence-electron chi connectivity index (χ4n) is 7.43. The number of carbonyl (C=O) groups excluding carboxylic acids is 2. The van der Waals surface area contributed by atoms with E-state index in [9.17, 15) is 14.7 Å².